The zero-order valence-corrected chi connectivity index (χ0v) is 15.8. The van der Waals surface area contributed by atoms with Gasteiger partial charge in [-0.1, -0.05) is 6.07 Å². The minimum absolute atomic E-state index is 0. The van der Waals surface area contributed by atoms with Gasteiger partial charge in [-0.15, -0.1) is 12.4 Å². The number of rotatable bonds is 6. The van der Waals surface area contributed by atoms with Crippen LogP contribution in [0.3, 0.4) is 0 Å². The minimum atomic E-state index is -3.82. The number of sulfonamides is 1. The van der Waals surface area contributed by atoms with Crippen molar-refractivity contribution in [1.29, 1.82) is 0 Å². The maximum Gasteiger partial charge on any atom is 0.251 e. The molecule has 0 bridgehead atoms. The molecule has 2 aliphatic rings. The van der Waals surface area contributed by atoms with Gasteiger partial charge in [0.05, 0.1) is 11.4 Å². The van der Waals surface area contributed by atoms with Gasteiger partial charge in [-0.2, -0.15) is 4.31 Å². The molecule has 1 aliphatic carbocycles. The average molecular weight is 403 g/mol. The quantitative estimate of drug-likeness (QED) is 0.602. The van der Waals surface area contributed by atoms with Crippen LogP contribution in [0.15, 0.2) is 29.2 Å². The second kappa shape index (κ2) is 8.34. The summed E-state index contributed by atoms with van der Waals surface area (Å²) in [6.45, 7) is 0.639. The summed E-state index contributed by atoms with van der Waals surface area (Å²) in [6, 6.07) is 5.77. The predicted molar refractivity (Wildman–Crippen MR) is 98.5 cm³/mol. The molecular weight excluding hydrogens is 380 g/mol. The highest BCUT2D eigenvalue weighted by Crippen LogP contribution is 2.31. The lowest BCUT2D eigenvalue weighted by atomic mass is 10.2. The molecule has 4 N–H and O–H groups in total. The van der Waals surface area contributed by atoms with Crippen molar-refractivity contribution < 1.29 is 18.0 Å². The Morgan fingerprint density at radius 3 is 2.77 bits per heavy atom. The molecule has 0 spiro atoms. The first-order chi connectivity index (χ1) is 11.9. The van der Waals surface area contributed by atoms with Crippen molar-refractivity contribution in [2.45, 2.75) is 23.8 Å². The van der Waals surface area contributed by atoms with E-state index < -0.39 is 10.0 Å². The van der Waals surface area contributed by atoms with Crippen LogP contribution in [-0.2, 0) is 14.8 Å². The van der Waals surface area contributed by atoms with Crippen molar-refractivity contribution in [3.8, 4) is 0 Å². The van der Waals surface area contributed by atoms with Crippen LogP contribution in [-0.4, -0.2) is 56.8 Å². The summed E-state index contributed by atoms with van der Waals surface area (Å²) >= 11 is 0. The van der Waals surface area contributed by atoms with Gasteiger partial charge in [0.2, 0.25) is 15.9 Å². The van der Waals surface area contributed by atoms with Gasteiger partial charge in [0, 0.05) is 31.2 Å². The standard InChI is InChI=1S/C16H22N4O4S.ClH/c17-14(11-4-5-11)9-19-16(22)12-2-1-3-13(8-12)25(23,24)20-7-6-18-15(21)10-20;/h1-3,8,11,14H,4-7,9-10,17H2,(H,18,21)(H,19,22);1H. The van der Waals surface area contributed by atoms with E-state index in [1.54, 1.807) is 6.07 Å². The normalized spacial score (nSPS) is 19.2. The molecule has 1 saturated heterocycles. The monoisotopic (exact) mass is 402 g/mol. The minimum Gasteiger partial charge on any atom is -0.354 e. The van der Waals surface area contributed by atoms with Crippen molar-refractivity contribution >= 4 is 34.2 Å². The van der Waals surface area contributed by atoms with E-state index >= 15 is 0 Å². The molecule has 1 heterocycles. The van der Waals surface area contributed by atoms with E-state index in [1.165, 1.54) is 18.2 Å². The average Bonchev–Trinajstić information content (AvgIpc) is 3.44. The SMILES string of the molecule is Cl.NC(CNC(=O)c1cccc(S(=O)(=O)N2CCNC(=O)C2)c1)C1CC1. The molecule has 1 atom stereocenters. The van der Waals surface area contributed by atoms with Crippen LogP contribution in [0.4, 0.5) is 0 Å². The van der Waals surface area contributed by atoms with Crippen LogP contribution in [0.1, 0.15) is 23.2 Å². The highest BCUT2D eigenvalue weighted by molar-refractivity contribution is 7.89. The molecule has 1 aromatic rings. The molecule has 1 aromatic carbocycles. The van der Waals surface area contributed by atoms with E-state index in [2.05, 4.69) is 10.6 Å². The van der Waals surface area contributed by atoms with Crippen LogP contribution < -0.4 is 16.4 Å². The fourth-order valence-electron chi connectivity index (χ4n) is 2.77. The smallest absolute Gasteiger partial charge is 0.251 e. The predicted octanol–water partition coefficient (Wildman–Crippen LogP) is -0.304. The molecule has 1 aliphatic heterocycles. The first-order valence-corrected chi connectivity index (χ1v) is 9.72. The molecule has 2 fully saturated rings. The fourth-order valence-corrected chi connectivity index (χ4v) is 4.21. The summed E-state index contributed by atoms with van der Waals surface area (Å²) in [5, 5.41) is 5.33. The molecule has 0 aromatic heterocycles. The molecular formula is C16H23ClN4O4S. The lowest BCUT2D eigenvalue weighted by molar-refractivity contribution is -0.122. The zero-order valence-electron chi connectivity index (χ0n) is 14.2. The first kappa shape index (κ1) is 20.6. The maximum absolute atomic E-state index is 12.7. The van der Waals surface area contributed by atoms with Gasteiger partial charge in [-0.3, -0.25) is 9.59 Å². The van der Waals surface area contributed by atoms with Crippen LogP contribution in [0.2, 0.25) is 0 Å². The zero-order chi connectivity index (χ0) is 18.0. The first-order valence-electron chi connectivity index (χ1n) is 8.28. The van der Waals surface area contributed by atoms with Gasteiger partial charge < -0.3 is 16.4 Å². The van der Waals surface area contributed by atoms with Gasteiger partial charge in [-0.05, 0) is 37.0 Å². The molecule has 0 radical (unpaired) electrons. The lowest BCUT2D eigenvalue weighted by Crippen LogP contribution is -2.49. The highest BCUT2D eigenvalue weighted by atomic mass is 35.5. The Balaban J connectivity index is 0.00000243. The van der Waals surface area contributed by atoms with E-state index in [0.29, 0.717) is 12.5 Å². The molecule has 3 rings (SSSR count). The number of piperazine rings is 1. The van der Waals surface area contributed by atoms with Crippen molar-refractivity contribution in [3.63, 3.8) is 0 Å². The summed E-state index contributed by atoms with van der Waals surface area (Å²) in [6.07, 6.45) is 2.18. The molecule has 2 amide bonds. The topological polar surface area (TPSA) is 122 Å². The summed E-state index contributed by atoms with van der Waals surface area (Å²) in [5.74, 6) is -0.223. The number of hydrogen-bond acceptors (Lipinski definition) is 5. The van der Waals surface area contributed by atoms with Gasteiger partial charge in [-0.25, -0.2) is 8.42 Å². The maximum atomic E-state index is 12.7. The van der Waals surface area contributed by atoms with E-state index in [9.17, 15) is 18.0 Å². The van der Waals surface area contributed by atoms with Gasteiger partial charge in [0.15, 0.2) is 0 Å². The third kappa shape index (κ3) is 4.73. The summed E-state index contributed by atoms with van der Waals surface area (Å²) in [4.78, 5) is 23.7. The Kier molecular flexibility index (Phi) is 6.62. The van der Waals surface area contributed by atoms with E-state index in [-0.39, 0.29) is 60.4 Å². The summed E-state index contributed by atoms with van der Waals surface area (Å²) in [5.41, 5.74) is 6.22. The van der Waals surface area contributed by atoms with Crippen molar-refractivity contribution in [2.75, 3.05) is 26.2 Å². The van der Waals surface area contributed by atoms with Crippen LogP contribution in [0.5, 0.6) is 0 Å². The second-order valence-electron chi connectivity index (χ2n) is 6.43. The Morgan fingerprint density at radius 1 is 1.38 bits per heavy atom. The molecule has 1 unspecified atom stereocenters. The number of carbonyl (C=O) groups is 2. The number of amides is 2. The third-order valence-electron chi connectivity index (χ3n) is 4.46. The van der Waals surface area contributed by atoms with Gasteiger partial charge in [0.25, 0.3) is 5.91 Å². The van der Waals surface area contributed by atoms with Crippen molar-refractivity contribution in [3.05, 3.63) is 29.8 Å². The molecule has 1 saturated carbocycles. The van der Waals surface area contributed by atoms with E-state index in [1.807, 2.05) is 0 Å². The van der Waals surface area contributed by atoms with Gasteiger partial charge >= 0.3 is 0 Å². The van der Waals surface area contributed by atoms with Crippen LogP contribution in [0, 0.1) is 5.92 Å². The van der Waals surface area contributed by atoms with E-state index in [0.717, 1.165) is 17.1 Å². The number of nitrogens with one attached hydrogen (secondary N) is 2. The van der Waals surface area contributed by atoms with Crippen LogP contribution >= 0.6 is 12.4 Å². The number of benzene rings is 1. The Morgan fingerprint density at radius 2 is 2.12 bits per heavy atom. The summed E-state index contributed by atoms with van der Waals surface area (Å²) < 4.78 is 26.4. The molecule has 10 heteroatoms. The largest absolute Gasteiger partial charge is 0.354 e. The Hall–Kier alpha value is -1.68. The molecule has 144 valence electrons. The van der Waals surface area contributed by atoms with Gasteiger partial charge in [0.1, 0.15) is 0 Å². The summed E-state index contributed by atoms with van der Waals surface area (Å²) in [7, 11) is -3.82. The highest BCUT2D eigenvalue weighted by Gasteiger charge is 2.30. The number of nitrogens with two attached hydrogens (primary N) is 1. The molecule has 26 heavy (non-hydrogen) atoms. The van der Waals surface area contributed by atoms with Crippen molar-refractivity contribution in [2.24, 2.45) is 11.7 Å². The lowest BCUT2D eigenvalue weighted by Gasteiger charge is -2.26. The molecule has 8 nitrogen and oxygen atoms in total. The number of nitrogens with zero attached hydrogens (tertiary/aromatic N) is 1. The number of halogens is 1. The van der Waals surface area contributed by atoms with Crippen LogP contribution in [0.25, 0.3) is 0 Å². The Bertz CT molecular complexity index is 782. The number of hydrogen-bond donors (Lipinski definition) is 3. The fraction of sp³-hybridized carbons (Fsp3) is 0.500. The number of carbonyl (C=O) groups excluding carboxylic acids is 2. The van der Waals surface area contributed by atoms with Crippen molar-refractivity contribution in [1.82, 2.24) is 14.9 Å². The second-order valence-corrected chi connectivity index (χ2v) is 8.37. The third-order valence-corrected chi connectivity index (χ3v) is 6.30. The van der Waals surface area contributed by atoms with E-state index in [4.69, 9.17) is 5.73 Å². The Labute approximate surface area is 159 Å².